The lowest BCUT2D eigenvalue weighted by atomic mass is 9.43. The van der Waals surface area contributed by atoms with Crippen molar-refractivity contribution in [3.63, 3.8) is 0 Å². The van der Waals surface area contributed by atoms with Crippen LogP contribution in [0.3, 0.4) is 0 Å². The summed E-state index contributed by atoms with van der Waals surface area (Å²) in [5, 5.41) is 43.3. The average Bonchev–Trinajstić information content (AvgIpc) is 3.01. The van der Waals surface area contributed by atoms with Crippen LogP contribution in [0.4, 0.5) is 0 Å². The molecule has 0 aromatic heterocycles. The molecule has 4 N–H and O–H groups in total. The van der Waals surface area contributed by atoms with E-state index in [0.717, 1.165) is 64.2 Å². The zero-order chi connectivity index (χ0) is 22.8. The predicted octanol–water partition coefficient (Wildman–Crippen LogP) is 4.53. The highest BCUT2D eigenvalue weighted by molar-refractivity contribution is 5.14. The topological polar surface area (TPSA) is 80.9 Å². The molecule has 0 unspecified atom stereocenters. The zero-order valence-corrected chi connectivity index (χ0v) is 20.6. The Morgan fingerprint density at radius 3 is 2.35 bits per heavy atom. The van der Waals surface area contributed by atoms with Gasteiger partial charge >= 0.3 is 0 Å². The van der Waals surface area contributed by atoms with E-state index in [9.17, 15) is 20.4 Å². The van der Waals surface area contributed by atoms with E-state index >= 15 is 0 Å². The predicted molar refractivity (Wildman–Crippen MR) is 123 cm³/mol. The Kier molecular flexibility index (Phi) is 6.38. The van der Waals surface area contributed by atoms with Gasteiger partial charge in [-0.15, -0.1) is 0 Å². The van der Waals surface area contributed by atoms with Gasteiger partial charge in [0, 0.05) is 0 Å². The summed E-state index contributed by atoms with van der Waals surface area (Å²) in [7, 11) is 0. The van der Waals surface area contributed by atoms with Crippen LogP contribution >= 0.6 is 0 Å². The van der Waals surface area contributed by atoms with Crippen molar-refractivity contribution in [2.75, 3.05) is 0 Å². The summed E-state index contributed by atoms with van der Waals surface area (Å²) < 4.78 is 0. The molecule has 4 saturated carbocycles. The second kappa shape index (κ2) is 8.25. The molecular weight excluding hydrogens is 388 g/mol. The van der Waals surface area contributed by atoms with Crippen molar-refractivity contribution in [3.8, 4) is 0 Å². The molecule has 180 valence electrons. The quantitative estimate of drug-likeness (QED) is 0.511. The number of fused-ring (bicyclic) bond motifs is 5. The van der Waals surface area contributed by atoms with Crippen molar-refractivity contribution in [3.05, 3.63) is 0 Å². The van der Waals surface area contributed by atoms with E-state index in [1.165, 1.54) is 0 Å². The summed E-state index contributed by atoms with van der Waals surface area (Å²) in [4.78, 5) is 0. The van der Waals surface area contributed by atoms with E-state index in [4.69, 9.17) is 0 Å². The van der Waals surface area contributed by atoms with Gasteiger partial charge in [-0.1, -0.05) is 33.6 Å². The second-order valence-electron chi connectivity index (χ2n) is 13.2. The molecule has 0 radical (unpaired) electrons. The highest BCUT2D eigenvalue weighted by atomic mass is 16.3. The molecule has 4 fully saturated rings. The molecule has 0 heterocycles. The van der Waals surface area contributed by atoms with Gasteiger partial charge in [-0.2, -0.15) is 0 Å². The maximum Gasteiger partial charge on any atom is 0.0602 e. The van der Waals surface area contributed by atoms with Crippen molar-refractivity contribution in [2.45, 2.75) is 123 Å². The van der Waals surface area contributed by atoms with Crippen LogP contribution in [-0.4, -0.2) is 44.3 Å². The molecule has 4 aliphatic carbocycles. The van der Waals surface area contributed by atoms with Crippen LogP contribution in [-0.2, 0) is 0 Å². The van der Waals surface area contributed by atoms with Gasteiger partial charge in [-0.05, 0) is 112 Å². The monoisotopic (exact) mass is 436 g/mol. The lowest BCUT2D eigenvalue weighted by Gasteiger charge is -2.63. The van der Waals surface area contributed by atoms with Crippen molar-refractivity contribution in [2.24, 2.45) is 46.3 Å². The van der Waals surface area contributed by atoms with Crippen molar-refractivity contribution in [1.82, 2.24) is 0 Å². The Hall–Kier alpha value is -0.160. The summed E-state index contributed by atoms with van der Waals surface area (Å²) in [5.41, 5.74) is -0.583. The second-order valence-corrected chi connectivity index (χ2v) is 13.2. The number of hydrogen-bond acceptors (Lipinski definition) is 4. The normalized spacial score (nSPS) is 51.0. The Morgan fingerprint density at radius 1 is 0.968 bits per heavy atom. The zero-order valence-electron chi connectivity index (χ0n) is 20.6. The molecule has 4 nitrogen and oxygen atoms in total. The van der Waals surface area contributed by atoms with Gasteiger partial charge in [0.15, 0.2) is 0 Å². The van der Waals surface area contributed by atoms with Crippen LogP contribution in [0.2, 0.25) is 0 Å². The molecule has 0 aromatic carbocycles. The fourth-order valence-electron chi connectivity index (χ4n) is 9.19. The molecule has 11 atom stereocenters. The lowest BCUT2D eigenvalue weighted by molar-refractivity contribution is -0.207. The number of aliphatic hydroxyl groups excluding tert-OH is 3. The molecule has 0 bridgehead atoms. The van der Waals surface area contributed by atoms with Gasteiger partial charge in [-0.25, -0.2) is 0 Å². The van der Waals surface area contributed by atoms with E-state index in [1.807, 2.05) is 13.8 Å². The first-order chi connectivity index (χ1) is 14.4. The molecular formula is C27H48O4. The molecule has 4 aliphatic rings. The first-order valence-corrected chi connectivity index (χ1v) is 13.1. The number of hydrogen-bond donors (Lipinski definition) is 4. The molecule has 4 heteroatoms. The van der Waals surface area contributed by atoms with E-state index in [-0.39, 0.29) is 29.1 Å². The molecule has 4 rings (SSSR count). The molecule has 0 aliphatic heterocycles. The number of rotatable bonds is 5. The largest absolute Gasteiger partial charge is 0.393 e. The fraction of sp³-hybridized carbons (Fsp3) is 1.00. The third-order valence-electron chi connectivity index (χ3n) is 11.0. The van der Waals surface area contributed by atoms with Gasteiger partial charge in [-0.3, -0.25) is 0 Å². The van der Waals surface area contributed by atoms with Crippen LogP contribution in [0.1, 0.15) is 98.8 Å². The van der Waals surface area contributed by atoms with Crippen LogP contribution < -0.4 is 0 Å². The SMILES string of the molecule is C[C@@H](CCCC(C)(C)O)[C@H]1CC[C@H]2[C@@H]3[C@H](O)C[C@H]4C[C@@H](O)CC[C@]4(C)[C@H]3C[C@@H](O)[C@]12C. The van der Waals surface area contributed by atoms with Crippen LogP contribution in [0, 0.1) is 46.3 Å². The van der Waals surface area contributed by atoms with Gasteiger partial charge in [0.05, 0.1) is 23.9 Å². The van der Waals surface area contributed by atoms with Gasteiger partial charge < -0.3 is 20.4 Å². The number of aliphatic hydroxyl groups is 4. The average molecular weight is 437 g/mol. The van der Waals surface area contributed by atoms with E-state index in [0.29, 0.717) is 35.5 Å². The van der Waals surface area contributed by atoms with Crippen molar-refractivity contribution >= 4 is 0 Å². The molecule has 0 saturated heterocycles. The minimum Gasteiger partial charge on any atom is -0.393 e. The minimum absolute atomic E-state index is 0.117. The molecule has 0 spiro atoms. The summed E-state index contributed by atoms with van der Waals surface area (Å²) in [6, 6.07) is 0. The fourth-order valence-corrected chi connectivity index (χ4v) is 9.19. The molecule has 0 aromatic rings. The van der Waals surface area contributed by atoms with Crippen molar-refractivity contribution < 1.29 is 20.4 Å². The van der Waals surface area contributed by atoms with E-state index in [1.54, 1.807) is 0 Å². The standard InChI is InChI=1S/C27H48O4/c1-16(7-6-11-25(2,3)31)19-8-9-20-24-21(15-23(30)27(19,20)5)26(4)12-10-18(28)13-17(26)14-22(24)29/h16-24,28-31H,6-15H2,1-5H3/t16-,17+,18-,19+,20-,21-,22+,23+,24-,26-,27+/m0/s1. The van der Waals surface area contributed by atoms with Gasteiger partial charge in [0.25, 0.3) is 0 Å². The van der Waals surface area contributed by atoms with Gasteiger partial charge in [0.2, 0.25) is 0 Å². The summed E-state index contributed by atoms with van der Waals surface area (Å²) in [5.74, 6) is 2.44. The lowest BCUT2D eigenvalue weighted by Crippen LogP contribution is -2.62. The minimum atomic E-state index is -0.606. The Labute approximate surface area is 189 Å². The Balaban J connectivity index is 1.54. The first kappa shape index (κ1) is 24.0. The Morgan fingerprint density at radius 2 is 1.68 bits per heavy atom. The van der Waals surface area contributed by atoms with E-state index in [2.05, 4.69) is 20.8 Å². The summed E-state index contributed by atoms with van der Waals surface area (Å²) in [6.45, 7) is 10.8. The Bertz CT molecular complexity index is 644. The maximum absolute atomic E-state index is 11.6. The van der Waals surface area contributed by atoms with E-state index < -0.39 is 5.60 Å². The third kappa shape index (κ3) is 4.02. The highest BCUT2D eigenvalue weighted by Gasteiger charge is 2.65. The van der Waals surface area contributed by atoms with Crippen LogP contribution in [0.15, 0.2) is 0 Å². The smallest absolute Gasteiger partial charge is 0.0602 e. The third-order valence-corrected chi connectivity index (χ3v) is 11.0. The van der Waals surface area contributed by atoms with Gasteiger partial charge in [0.1, 0.15) is 0 Å². The summed E-state index contributed by atoms with van der Waals surface area (Å²) >= 11 is 0. The highest BCUT2D eigenvalue weighted by Crippen LogP contribution is 2.68. The maximum atomic E-state index is 11.6. The molecule has 31 heavy (non-hydrogen) atoms. The first-order valence-electron chi connectivity index (χ1n) is 13.1. The van der Waals surface area contributed by atoms with Crippen LogP contribution in [0.5, 0.6) is 0 Å². The van der Waals surface area contributed by atoms with Crippen LogP contribution in [0.25, 0.3) is 0 Å². The van der Waals surface area contributed by atoms with Crippen molar-refractivity contribution in [1.29, 1.82) is 0 Å². The summed E-state index contributed by atoms with van der Waals surface area (Å²) in [6.07, 6.45) is 8.73. The molecule has 0 amide bonds.